The van der Waals surface area contributed by atoms with Crippen LogP contribution in [0.5, 0.6) is 0 Å². The molecule has 1 aromatic carbocycles. The van der Waals surface area contributed by atoms with Crippen LogP contribution in [0.1, 0.15) is 38.6 Å². The minimum absolute atomic E-state index is 0.508. The number of aromatic nitrogens is 1. The van der Waals surface area contributed by atoms with Gasteiger partial charge in [-0.2, -0.15) is 0 Å². The van der Waals surface area contributed by atoms with Crippen LogP contribution in [0.3, 0.4) is 0 Å². The van der Waals surface area contributed by atoms with Crippen molar-refractivity contribution < 1.29 is 0 Å². The van der Waals surface area contributed by atoms with E-state index in [1.165, 1.54) is 16.3 Å². The van der Waals surface area contributed by atoms with Crippen LogP contribution in [0.2, 0.25) is 0 Å². The summed E-state index contributed by atoms with van der Waals surface area (Å²) in [6, 6.07) is 8.73. The highest BCUT2D eigenvalue weighted by Crippen LogP contribution is 2.27. The molecule has 19 heavy (non-hydrogen) atoms. The number of rotatable bonds is 5. The van der Waals surface area contributed by atoms with Crippen LogP contribution in [0.4, 0.5) is 5.69 Å². The number of hydrogen-bond donors (Lipinski definition) is 0. The third kappa shape index (κ3) is 3.16. The average molecular weight is 274 g/mol. The molecule has 0 amide bonds. The summed E-state index contributed by atoms with van der Waals surface area (Å²) < 4.78 is 0. The van der Waals surface area contributed by atoms with Gasteiger partial charge in [-0.05, 0) is 26.0 Å². The maximum Gasteiger partial charge on any atom is 0.0958 e. The quantitative estimate of drug-likeness (QED) is 0.780. The first-order chi connectivity index (χ1) is 9.15. The molecule has 3 heteroatoms. The van der Waals surface area contributed by atoms with Gasteiger partial charge in [0.15, 0.2) is 0 Å². The Hall–Kier alpha value is -1.35. The predicted octanol–water partition coefficient (Wildman–Crippen LogP) is 4.78. The van der Waals surface area contributed by atoms with Crippen LogP contribution >= 0.6 is 11.3 Å². The van der Waals surface area contributed by atoms with Gasteiger partial charge in [-0.3, -0.25) is 0 Å². The Balaban J connectivity index is 2.21. The van der Waals surface area contributed by atoms with Gasteiger partial charge in [-0.25, -0.2) is 4.98 Å². The summed E-state index contributed by atoms with van der Waals surface area (Å²) in [6.07, 6.45) is 0. The van der Waals surface area contributed by atoms with E-state index in [9.17, 15) is 0 Å². The molecule has 0 aliphatic heterocycles. The van der Waals surface area contributed by atoms with Gasteiger partial charge in [-0.1, -0.05) is 26.0 Å². The van der Waals surface area contributed by atoms with E-state index in [1.54, 1.807) is 11.3 Å². The van der Waals surface area contributed by atoms with Crippen molar-refractivity contribution in [3.05, 3.63) is 34.7 Å². The lowest BCUT2D eigenvalue weighted by Crippen LogP contribution is -2.21. The fraction of sp³-hybridized carbons (Fsp3) is 0.438. The van der Waals surface area contributed by atoms with Gasteiger partial charge in [0.1, 0.15) is 0 Å². The first-order valence-corrected chi connectivity index (χ1v) is 7.84. The average Bonchev–Trinajstić information content (AvgIpc) is 2.91. The Morgan fingerprint density at radius 2 is 1.74 bits per heavy atom. The van der Waals surface area contributed by atoms with E-state index < -0.39 is 0 Å². The molecular formula is C16H22N2S. The predicted molar refractivity (Wildman–Crippen MR) is 85.2 cm³/mol. The summed E-state index contributed by atoms with van der Waals surface area (Å²) in [5, 5.41) is 3.37. The van der Waals surface area contributed by atoms with E-state index in [1.807, 2.05) is 0 Å². The Morgan fingerprint density at radius 1 is 1.11 bits per heavy atom. The van der Waals surface area contributed by atoms with Crippen LogP contribution in [-0.2, 0) is 0 Å². The van der Waals surface area contributed by atoms with Crippen LogP contribution in [-0.4, -0.2) is 18.1 Å². The van der Waals surface area contributed by atoms with Crippen LogP contribution < -0.4 is 4.90 Å². The topological polar surface area (TPSA) is 16.1 Å². The van der Waals surface area contributed by atoms with Crippen molar-refractivity contribution >= 4 is 17.0 Å². The van der Waals surface area contributed by atoms with Crippen molar-refractivity contribution in [1.82, 2.24) is 4.98 Å². The fourth-order valence-electron chi connectivity index (χ4n) is 2.12. The van der Waals surface area contributed by atoms with Crippen molar-refractivity contribution in [3.63, 3.8) is 0 Å². The third-order valence-corrected chi connectivity index (χ3v) is 4.45. The van der Waals surface area contributed by atoms with Gasteiger partial charge in [0.25, 0.3) is 0 Å². The lowest BCUT2D eigenvalue weighted by molar-refractivity contribution is 0.853. The highest BCUT2D eigenvalue weighted by molar-refractivity contribution is 7.10. The standard InChI is InChI=1S/C16H22N2S/c1-5-18(6-2)14-9-7-13(8-10-14)15-11-19-16(17-15)12(3)4/h7-12H,5-6H2,1-4H3. The molecule has 102 valence electrons. The van der Waals surface area contributed by atoms with Crippen LogP contribution in [0.15, 0.2) is 29.6 Å². The van der Waals surface area contributed by atoms with Gasteiger partial charge < -0.3 is 4.90 Å². The molecular weight excluding hydrogens is 252 g/mol. The van der Waals surface area contributed by atoms with Crippen molar-refractivity contribution in [2.45, 2.75) is 33.6 Å². The molecule has 0 radical (unpaired) electrons. The van der Waals surface area contributed by atoms with E-state index in [0.29, 0.717) is 5.92 Å². The van der Waals surface area contributed by atoms with Crippen molar-refractivity contribution in [2.75, 3.05) is 18.0 Å². The van der Waals surface area contributed by atoms with Crippen LogP contribution in [0, 0.1) is 0 Å². The van der Waals surface area contributed by atoms with Crippen molar-refractivity contribution in [2.24, 2.45) is 0 Å². The molecule has 0 spiro atoms. The summed E-state index contributed by atoms with van der Waals surface area (Å²) in [7, 11) is 0. The second kappa shape index (κ2) is 6.20. The minimum atomic E-state index is 0.508. The van der Waals surface area contributed by atoms with E-state index in [2.05, 4.69) is 62.2 Å². The van der Waals surface area contributed by atoms with Gasteiger partial charge in [0.2, 0.25) is 0 Å². The molecule has 2 aromatic rings. The summed E-state index contributed by atoms with van der Waals surface area (Å²) in [4.78, 5) is 7.05. The summed E-state index contributed by atoms with van der Waals surface area (Å²) in [5.74, 6) is 0.508. The first kappa shape index (κ1) is 14.1. The fourth-order valence-corrected chi connectivity index (χ4v) is 2.96. The van der Waals surface area contributed by atoms with Gasteiger partial charge in [-0.15, -0.1) is 11.3 Å². The maximum absolute atomic E-state index is 4.70. The zero-order valence-corrected chi connectivity index (χ0v) is 13.0. The van der Waals surface area contributed by atoms with E-state index >= 15 is 0 Å². The van der Waals surface area contributed by atoms with Gasteiger partial charge in [0, 0.05) is 35.6 Å². The van der Waals surface area contributed by atoms with Crippen LogP contribution in [0.25, 0.3) is 11.3 Å². The summed E-state index contributed by atoms with van der Waals surface area (Å²) in [6.45, 7) is 10.8. The Kier molecular flexibility index (Phi) is 4.59. The molecule has 0 bridgehead atoms. The summed E-state index contributed by atoms with van der Waals surface area (Å²) in [5.41, 5.74) is 3.59. The van der Waals surface area contributed by atoms with Crippen molar-refractivity contribution in [3.8, 4) is 11.3 Å². The summed E-state index contributed by atoms with van der Waals surface area (Å²) >= 11 is 1.75. The molecule has 1 heterocycles. The number of nitrogens with zero attached hydrogens (tertiary/aromatic N) is 2. The van der Waals surface area contributed by atoms with E-state index in [0.717, 1.165) is 18.8 Å². The smallest absolute Gasteiger partial charge is 0.0958 e. The Morgan fingerprint density at radius 3 is 2.21 bits per heavy atom. The second-order valence-corrected chi connectivity index (χ2v) is 5.83. The second-order valence-electron chi connectivity index (χ2n) is 4.94. The molecule has 0 unspecified atom stereocenters. The number of anilines is 1. The normalized spacial score (nSPS) is 11.0. The molecule has 0 saturated heterocycles. The number of thiazole rings is 1. The van der Waals surface area contributed by atoms with E-state index in [-0.39, 0.29) is 0 Å². The molecule has 2 nitrogen and oxygen atoms in total. The largest absolute Gasteiger partial charge is 0.372 e. The molecule has 0 fully saturated rings. The highest BCUT2D eigenvalue weighted by atomic mass is 32.1. The lowest BCUT2D eigenvalue weighted by Gasteiger charge is -2.20. The maximum atomic E-state index is 4.70. The first-order valence-electron chi connectivity index (χ1n) is 6.96. The minimum Gasteiger partial charge on any atom is -0.372 e. The molecule has 1 aromatic heterocycles. The Bertz CT molecular complexity index is 510. The lowest BCUT2D eigenvalue weighted by atomic mass is 10.1. The van der Waals surface area contributed by atoms with Gasteiger partial charge in [0.05, 0.1) is 10.7 Å². The monoisotopic (exact) mass is 274 g/mol. The zero-order valence-electron chi connectivity index (χ0n) is 12.2. The molecule has 0 atom stereocenters. The Labute approximate surface area is 120 Å². The molecule has 0 saturated carbocycles. The van der Waals surface area contributed by atoms with Crippen molar-refractivity contribution in [1.29, 1.82) is 0 Å². The molecule has 0 aliphatic carbocycles. The molecule has 2 rings (SSSR count). The molecule has 0 aliphatic rings. The van der Waals surface area contributed by atoms with E-state index in [4.69, 9.17) is 4.98 Å². The SMILES string of the molecule is CCN(CC)c1ccc(-c2csc(C(C)C)n2)cc1. The highest BCUT2D eigenvalue weighted by Gasteiger charge is 2.08. The van der Waals surface area contributed by atoms with Gasteiger partial charge >= 0.3 is 0 Å². The number of benzene rings is 1. The third-order valence-electron chi connectivity index (χ3n) is 3.31. The molecule has 0 N–H and O–H groups in total. The zero-order chi connectivity index (χ0) is 13.8. The number of hydrogen-bond acceptors (Lipinski definition) is 3.